The van der Waals surface area contributed by atoms with Crippen molar-refractivity contribution in [2.24, 2.45) is 4.99 Å². The molecule has 216 valence electrons. The minimum Gasteiger partial charge on any atom is -0.497 e. The lowest BCUT2D eigenvalue weighted by Crippen LogP contribution is -2.34. The number of fused-ring (bicyclic) bond motifs is 1. The summed E-state index contributed by atoms with van der Waals surface area (Å²) >= 11 is 0. The first kappa shape index (κ1) is 30.5. The summed E-state index contributed by atoms with van der Waals surface area (Å²) in [4.78, 5) is 21.9. The monoisotopic (exact) mass is 553 g/mol. The molecule has 0 radical (unpaired) electrons. The highest BCUT2D eigenvalue weighted by atomic mass is 19.1. The summed E-state index contributed by atoms with van der Waals surface area (Å²) in [7, 11) is 3.19. The lowest BCUT2D eigenvalue weighted by molar-refractivity contribution is 0.0532. The second-order valence-electron chi connectivity index (χ2n) is 10.1. The van der Waals surface area contributed by atoms with Gasteiger partial charge in [0.25, 0.3) is 0 Å². The van der Waals surface area contributed by atoms with Crippen molar-refractivity contribution >= 4 is 28.6 Å². The molecule has 1 amide bonds. The van der Waals surface area contributed by atoms with Crippen LogP contribution in [-0.4, -0.2) is 48.6 Å². The number of alkyl carbamates (subject to hydrolysis) is 1. The summed E-state index contributed by atoms with van der Waals surface area (Å²) < 4.78 is 33.2. The van der Waals surface area contributed by atoms with E-state index in [1.165, 1.54) is 6.07 Å². The molecule has 0 aliphatic carbocycles. The smallest absolute Gasteiger partial charge is 0.407 e. The third kappa shape index (κ3) is 7.31. The predicted octanol–water partition coefficient (Wildman–Crippen LogP) is 5.89. The Bertz CT molecular complexity index is 1460. The number of methoxy groups -OCH3 is 2. The van der Waals surface area contributed by atoms with Crippen molar-refractivity contribution in [1.29, 1.82) is 0 Å². The maximum Gasteiger partial charge on any atom is 0.407 e. The van der Waals surface area contributed by atoms with Crippen molar-refractivity contribution in [2.75, 3.05) is 32.6 Å². The molecule has 10 heteroatoms. The Morgan fingerprint density at radius 3 is 2.50 bits per heavy atom. The first-order valence-electron chi connectivity index (χ1n) is 13.3. The second-order valence-corrected chi connectivity index (χ2v) is 10.1. The number of nitrogens with zero attached hydrogens (tertiary/aromatic N) is 3. The average Bonchev–Trinajstić information content (AvgIpc) is 2.91. The molecular weight excluding hydrogens is 513 g/mol. The maximum atomic E-state index is 15.0. The Balaban J connectivity index is 2.16. The second kappa shape index (κ2) is 13.3. The van der Waals surface area contributed by atoms with Crippen LogP contribution in [-0.2, 0) is 11.3 Å². The van der Waals surface area contributed by atoms with Gasteiger partial charge in [-0.3, -0.25) is 9.56 Å². The molecule has 1 aromatic heterocycles. The number of carbonyl (C=O) groups is 1. The number of aromatic nitrogens is 2. The molecule has 0 spiro atoms. The fraction of sp³-hybridized carbons (Fsp3) is 0.433. The van der Waals surface area contributed by atoms with E-state index in [9.17, 15) is 4.79 Å². The zero-order chi connectivity index (χ0) is 29.4. The first-order valence-corrected chi connectivity index (χ1v) is 13.3. The minimum absolute atomic E-state index is 0.216. The van der Waals surface area contributed by atoms with Gasteiger partial charge in [0, 0.05) is 42.3 Å². The number of amides is 1. The van der Waals surface area contributed by atoms with Gasteiger partial charge in [-0.05, 0) is 70.9 Å². The molecule has 2 aromatic carbocycles. The highest BCUT2D eigenvalue weighted by molar-refractivity contribution is 5.80. The molecule has 9 nitrogen and oxygen atoms in total. The number of hydrogen-bond donors (Lipinski definition) is 2. The number of benzene rings is 2. The molecule has 40 heavy (non-hydrogen) atoms. The van der Waals surface area contributed by atoms with Gasteiger partial charge < -0.3 is 24.8 Å². The van der Waals surface area contributed by atoms with Gasteiger partial charge in [0.15, 0.2) is 0 Å². The number of carbonyl (C=O) groups excluding carboxylic acids is 1. The normalized spacial score (nSPS) is 12.7. The molecule has 0 aliphatic rings. The van der Waals surface area contributed by atoms with Crippen LogP contribution in [0.4, 0.5) is 15.1 Å². The molecule has 0 aliphatic heterocycles. The molecular formula is C30H40FN5O4. The number of nitrogens with one attached hydrogen (secondary N) is 2. The van der Waals surface area contributed by atoms with Crippen LogP contribution in [0.5, 0.6) is 11.5 Å². The molecule has 3 aromatic rings. The van der Waals surface area contributed by atoms with E-state index in [-0.39, 0.29) is 12.1 Å². The molecule has 2 N–H and O–H groups in total. The van der Waals surface area contributed by atoms with E-state index >= 15 is 4.39 Å². The van der Waals surface area contributed by atoms with Crippen LogP contribution in [0, 0.1) is 5.82 Å². The summed E-state index contributed by atoms with van der Waals surface area (Å²) in [5, 5.41) is 6.81. The van der Waals surface area contributed by atoms with Gasteiger partial charge >= 0.3 is 6.09 Å². The Labute approximate surface area is 235 Å². The number of allylic oxidation sites excluding steroid dienone is 1. The highest BCUT2D eigenvalue weighted by Crippen LogP contribution is 2.26. The van der Waals surface area contributed by atoms with E-state index < -0.39 is 17.5 Å². The standard InChI is InChI=1S/C30H40FN5O4/c1-9-20(17-34-29(37)40-30(4,5)6)19(3)36-27(32-10-2)23-12-11-13-24(31)26(23)35-28(36)33-18-21-14-15-22(38-7)16-25(21)39-8/h11-16H,9-10,17-18H2,1-8H3,(H,33,35)(H,34,37)/b20-19+,32-27-. The quantitative estimate of drug-likeness (QED) is 0.325. The Kier molecular flexibility index (Phi) is 10.1. The third-order valence-electron chi connectivity index (χ3n) is 6.23. The van der Waals surface area contributed by atoms with Crippen molar-refractivity contribution in [3.8, 4) is 11.5 Å². The van der Waals surface area contributed by atoms with E-state index in [0.29, 0.717) is 47.8 Å². The van der Waals surface area contributed by atoms with Crippen molar-refractivity contribution in [3.63, 3.8) is 0 Å². The van der Waals surface area contributed by atoms with E-state index in [1.807, 2.05) is 64.3 Å². The van der Waals surface area contributed by atoms with Crippen LogP contribution in [0.15, 0.2) is 47.0 Å². The molecule has 0 fully saturated rings. The molecule has 1 heterocycles. The molecule has 0 atom stereocenters. The number of hydrogen-bond acceptors (Lipinski definition) is 7. The van der Waals surface area contributed by atoms with E-state index in [4.69, 9.17) is 24.2 Å². The number of halogens is 1. The van der Waals surface area contributed by atoms with Gasteiger partial charge in [0.1, 0.15) is 33.9 Å². The third-order valence-corrected chi connectivity index (χ3v) is 6.23. The molecule has 0 bridgehead atoms. The van der Waals surface area contributed by atoms with E-state index in [1.54, 1.807) is 26.4 Å². The van der Waals surface area contributed by atoms with Crippen LogP contribution in [0.25, 0.3) is 16.6 Å². The van der Waals surface area contributed by atoms with E-state index in [0.717, 1.165) is 16.8 Å². The summed E-state index contributed by atoms with van der Waals surface area (Å²) in [6, 6.07) is 10.4. The summed E-state index contributed by atoms with van der Waals surface area (Å²) in [6.07, 6.45) is 0.144. The van der Waals surface area contributed by atoms with Crippen molar-refractivity contribution in [3.05, 3.63) is 58.8 Å². The fourth-order valence-corrected chi connectivity index (χ4v) is 4.26. The fourth-order valence-electron chi connectivity index (χ4n) is 4.26. The minimum atomic E-state index is -0.608. The van der Waals surface area contributed by atoms with Crippen molar-refractivity contribution in [2.45, 2.75) is 60.1 Å². The number of para-hydroxylation sites is 1. The van der Waals surface area contributed by atoms with E-state index in [2.05, 4.69) is 10.6 Å². The molecule has 3 rings (SSSR count). The Morgan fingerprint density at radius 2 is 1.88 bits per heavy atom. The Hall–Kier alpha value is -4.08. The van der Waals surface area contributed by atoms with Crippen LogP contribution < -0.4 is 25.6 Å². The molecule has 0 saturated heterocycles. The van der Waals surface area contributed by atoms with Gasteiger partial charge in [0.2, 0.25) is 5.95 Å². The predicted molar refractivity (Wildman–Crippen MR) is 156 cm³/mol. The lowest BCUT2D eigenvalue weighted by atomic mass is 10.1. The van der Waals surface area contributed by atoms with Gasteiger partial charge in [-0.1, -0.05) is 13.0 Å². The van der Waals surface area contributed by atoms with Crippen molar-refractivity contribution < 1.29 is 23.4 Å². The topological polar surface area (TPSA) is 99.0 Å². The van der Waals surface area contributed by atoms with Crippen LogP contribution in [0.1, 0.15) is 53.5 Å². The number of rotatable bonds is 10. The lowest BCUT2D eigenvalue weighted by Gasteiger charge is -2.22. The van der Waals surface area contributed by atoms with Crippen LogP contribution in [0.2, 0.25) is 0 Å². The molecule has 0 unspecified atom stereocenters. The summed E-state index contributed by atoms with van der Waals surface area (Å²) in [5.74, 6) is 1.29. The van der Waals surface area contributed by atoms with Crippen molar-refractivity contribution in [1.82, 2.24) is 14.9 Å². The maximum absolute atomic E-state index is 15.0. The Morgan fingerprint density at radius 1 is 1.12 bits per heavy atom. The number of ether oxygens (including phenoxy) is 3. The first-order chi connectivity index (χ1) is 19.0. The summed E-state index contributed by atoms with van der Waals surface area (Å²) in [6.45, 7) is 12.4. The highest BCUT2D eigenvalue weighted by Gasteiger charge is 2.19. The van der Waals surface area contributed by atoms with Crippen LogP contribution in [0.3, 0.4) is 0 Å². The SMILES string of the molecule is CC/N=c1/c2cccc(F)c2nc(NCc2ccc(OC)cc2OC)n1/C(C)=C(\CC)CNC(=O)OC(C)(C)C. The van der Waals surface area contributed by atoms with Gasteiger partial charge in [-0.25, -0.2) is 14.2 Å². The zero-order valence-corrected chi connectivity index (χ0v) is 24.6. The van der Waals surface area contributed by atoms with Gasteiger partial charge in [0.05, 0.1) is 14.2 Å². The number of anilines is 1. The average molecular weight is 554 g/mol. The van der Waals surface area contributed by atoms with Gasteiger partial charge in [-0.2, -0.15) is 0 Å². The molecule has 0 saturated carbocycles. The largest absolute Gasteiger partial charge is 0.497 e. The van der Waals surface area contributed by atoms with Gasteiger partial charge in [-0.15, -0.1) is 0 Å². The summed E-state index contributed by atoms with van der Waals surface area (Å²) in [5.41, 5.74) is 2.79. The zero-order valence-electron chi connectivity index (χ0n) is 24.6. The van der Waals surface area contributed by atoms with Crippen LogP contribution >= 0.6 is 0 Å².